The number of fused-ring (bicyclic) bond motifs is 1. The maximum atomic E-state index is 3.78. The highest BCUT2D eigenvalue weighted by atomic mass is 14.9. The predicted octanol–water partition coefficient (Wildman–Crippen LogP) is 5.27. The van der Waals surface area contributed by atoms with Crippen LogP contribution in [0.1, 0.15) is 54.2 Å². The molecule has 1 saturated carbocycles. The SMILES string of the molecule is Cc1ccc(C2CCCC3CNCC(c4ccccc4)CC32)cc1. The summed E-state index contributed by atoms with van der Waals surface area (Å²) in [6.45, 7) is 4.53. The van der Waals surface area contributed by atoms with E-state index in [9.17, 15) is 0 Å². The summed E-state index contributed by atoms with van der Waals surface area (Å²) in [4.78, 5) is 0. The molecule has 0 radical (unpaired) electrons. The first-order chi connectivity index (χ1) is 11.8. The first-order valence-electron chi connectivity index (χ1n) is 9.63. The van der Waals surface area contributed by atoms with Crippen molar-refractivity contribution < 1.29 is 0 Å². The summed E-state index contributed by atoms with van der Waals surface area (Å²) in [6.07, 6.45) is 5.49. The topological polar surface area (TPSA) is 12.0 Å². The first-order valence-corrected chi connectivity index (χ1v) is 9.63. The zero-order valence-electron chi connectivity index (χ0n) is 14.7. The normalized spacial score (nSPS) is 30.4. The maximum Gasteiger partial charge on any atom is 0.00203 e. The van der Waals surface area contributed by atoms with Crippen LogP contribution in [0.25, 0.3) is 0 Å². The Kier molecular flexibility index (Phi) is 4.71. The summed E-state index contributed by atoms with van der Waals surface area (Å²) in [5, 5.41) is 3.78. The number of rotatable bonds is 2. The van der Waals surface area contributed by atoms with Gasteiger partial charge in [0.05, 0.1) is 0 Å². The van der Waals surface area contributed by atoms with Crippen molar-refractivity contribution in [3.05, 3.63) is 71.3 Å². The Hall–Kier alpha value is -1.60. The van der Waals surface area contributed by atoms with Gasteiger partial charge in [-0.05, 0) is 67.5 Å². The first kappa shape index (κ1) is 15.9. The van der Waals surface area contributed by atoms with Gasteiger partial charge in [-0.15, -0.1) is 0 Å². The monoisotopic (exact) mass is 319 g/mol. The summed E-state index contributed by atoms with van der Waals surface area (Å²) in [6, 6.07) is 20.5. The standard InChI is InChI=1S/C23H29N/c1-17-10-12-19(13-11-17)22-9-5-8-20-15-24-16-21(14-23(20)22)18-6-3-2-4-7-18/h2-4,6-7,10-13,20-24H,5,8-9,14-16H2,1H3. The molecule has 2 aromatic rings. The quantitative estimate of drug-likeness (QED) is 0.795. The second kappa shape index (κ2) is 7.11. The van der Waals surface area contributed by atoms with Crippen LogP contribution in [0.4, 0.5) is 0 Å². The van der Waals surface area contributed by atoms with E-state index >= 15 is 0 Å². The molecule has 1 heteroatoms. The Bertz CT molecular complexity index is 645. The Balaban J connectivity index is 1.61. The van der Waals surface area contributed by atoms with Crippen LogP contribution in [0.15, 0.2) is 54.6 Å². The van der Waals surface area contributed by atoms with E-state index in [0.29, 0.717) is 5.92 Å². The highest BCUT2D eigenvalue weighted by Crippen LogP contribution is 2.46. The lowest BCUT2D eigenvalue weighted by Gasteiger charge is -2.38. The Morgan fingerprint density at radius 2 is 1.62 bits per heavy atom. The zero-order valence-corrected chi connectivity index (χ0v) is 14.7. The van der Waals surface area contributed by atoms with Crippen molar-refractivity contribution in [2.75, 3.05) is 13.1 Å². The molecule has 1 heterocycles. The van der Waals surface area contributed by atoms with Crippen LogP contribution in [-0.4, -0.2) is 13.1 Å². The van der Waals surface area contributed by atoms with Gasteiger partial charge in [-0.25, -0.2) is 0 Å². The lowest BCUT2D eigenvalue weighted by atomic mass is 9.66. The molecular weight excluding hydrogens is 290 g/mol. The lowest BCUT2D eigenvalue weighted by molar-refractivity contribution is 0.196. The minimum absolute atomic E-state index is 0.659. The van der Waals surface area contributed by atoms with Crippen molar-refractivity contribution >= 4 is 0 Å². The molecule has 2 fully saturated rings. The van der Waals surface area contributed by atoms with Crippen molar-refractivity contribution in [3.63, 3.8) is 0 Å². The van der Waals surface area contributed by atoms with Crippen molar-refractivity contribution in [2.24, 2.45) is 11.8 Å². The largest absolute Gasteiger partial charge is 0.316 e. The van der Waals surface area contributed by atoms with E-state index in [1.165, 1.54) is 43.4 Å². The fraction of sp³-hybridized carbons (Fsp3) is 0.478. The molecular formula is C23H29N. The van der Waals surface area contributed by atoms with Gasteiger partial charge >= 0.3 is 0 Å². The Labute approximate surface area is 146 Å². The average Bonchev–Trinajstić information content (AvgIpc) is 2.85. The van der Waals surface area contributed by atoms with E-state index in [4.69, 9.17) is 0 Å². The van der Waals surface area contributed by atoms with Crippen LogP contribution in [0.2, 0.25) is 0 Å². The van der Waals surface area contributed by atoms with Gasteiger partial charge < -0.3 is 5.32 Å². The maximum absolute atomic E-state index is 3.78. The minimum atomic E-state index is 0.659. The van der Waals surface area contributed by atoms with Crippen molar-refractivity contribution in [2.45, 2.75) is 44.4 Å². The van der Waals surface area contributed by atoms with E-state index in [-0.39, 0.29) is 0 Å². The highest BCUT2D eigenvalue weighted by molar-refractivity contribution is 5.27. The second-order valence-corrected chi connectivity index (χ2v) is 7.87. The van der Waals surface area contributed by atoms with Gasteiger partial charge in [0.25, 0.3) is 0 Å². The van der Waals surface area contributed by atoms with Crippen LogP contribution in [-0.2, 0) is 0 Å². The summed E-state index contributed by atoms with van der Waals surface area (Å²) >= 11 is 0. The van der Waals surface area contributed by atoms with Gasteiger partial charge in [0, 0.05) is 6.54 Å². The molecule has 2 aromatic carbocycles. The Morgan fingerprint density at radius 1 is 0.833 bits per heavy atom. The minimum Gasteiger partial charge on any atom is -0.316 e. The van der Waals surface area contributed by atoms with Crippen molar-refractivity contribution in [1.82, 2.24) is 5.32 Å². The molecule has 1 N–H and O–H groups in total. The van der Waals surface area contributed by atoms with Gasteiger partial charge in [-0.3, -0.25) is 0 Å². The fourth-order valence-electron chi connectivity index (χ4n) is 5.03. The highest BCUT2D eigenvalue weighted by Gasteiger charge is 2.37. The number of hydrogen-bond acceptors (Lipinski definition) is 1. The van der Waals surface area contributed by atoms with Crippen LogP contribution in [0.3, 0.4) is 0 Å². The van der Waals surface area contributed by atoms with Crippen LogP contribution < -0.4 is 5.32 Å². The molecule has 0 aromatic heterocycles. The van der Waals surface area contributed by atoms with Gasteiger partial charge in [-0.2, -0.15) is 0 Å². The number of nitrogens with one attached hydrogen (secondary N) is 1. The molecule has 4 atom stereocenters. The van der Waals surface area contributed by atoms with Crippen LogP contribution in [0, 0.1) is 18.8 Å². The fourth-order valence-corrected chi connectivity index (χ4v) is 5.03. The van der Waals surface area contributed by atoms with Crippen molar-refractivity contribution in [3.8, 4) is 0 Å². The van der Waals surface area contributed by atoms with E-state index in [1.807, 2.05) is 0 Å². The van der Waals surface area contributed by atoms with E-state index in [0.717, 1.165) is 24.3 Å². The molecule has 1 aliphatic carbocycles. The average molecular weight is 319 g/mol. The molecule has 1 aliphatic heterocycles. The molecule has 0 amide bonds. The number of aryl methyl sites for hydroxylation is 1. The molecule has 0 bridgehead atoms. The third-order valence-corrected chi connectivity index (χ3v) is 6.34. The number of hydrogen-bond donors (Lipinski definition) is 1. The Morgan fingerprint density at radius 3 is 2.42 bits per heavy atom. The summed E-state index contributed by atoms with van der Waals surface area (Å²) < 4.78 is 0. The molecule has 1 nitrogen and oxygen atoms in total. The molecule has 4 rings (SSSR count). The van der Waals surface area contributed by atoms with Gasteiger partial charge in [-0.1, -0.05) is 66.6 Å². The van der Waals surface area contributed by atoms with Gasteiger partial charge in [0.1, 0.15) is 0 Å². The summed E-state index contributed by atoms with van der Waals surface area (Å²) in [5.74, 6) is 3.07. The summed E-state index contributed by atoms with van der Waals surface area (Å²) in [7, 11) is 0. The molecule has 126 valence electrons. The van der Waals surface area contributed by atoms with E-state index < -0.39 is 0 Å². The van der Waals surface area contributed by atoms with Gasteiger partial charge in [0.15, 0.2) is 0 Å². The van der Waals surface area contributed by atoms with E-state index in [1.54, 1.807) is 5.56 Å². The third-order valence-electron chi connectivity index (χ3n) is 6.34. The van der Waals surface area contributed by atoms with Crippen molar-refractivity contribution in [1.29, 1.82) is 0 Å². The molecule has 4 unspecified atom stereocenters. The smallest absolute Gasteiger partial charge is 0.00203 e. The molecule has 24 heavy (non-hydrogen) atoms. The second-order valence-electron chi connectivity index (χ2n) is 7.87. The third kappa shape index (κ3) is 3.28. The number of benzene rings is 2. The zero-order chi connectivity index (χ0) is 16.4. The van der Waals surface area contributed by atoms with Gasteiger partial charge in [0.2, 0.25) is 0 Å². The lowest BCUT2D eigenvalue weighted by Crippen LogP contribution is -2.31. The predicted molar refractivity (Wildman–Crippen MR) is 101 cm³/mol. The summed E-state index contributed by atoms with van der Waals surface area (Å²) in [5.41, 5.74) is 4.46. The van der Waals surface area contributed by atoms with Crippen LogP contribution in [0.5, 0.6) is 0 Å². The van der Waals surface area contributed by atoms with E-state index in [2.05, 4.69) is 66.8 Å². The molecule has 1 saturated heterocycles. The molecule has 0 spiro atoms. The molecule has 2 aliphatic rings. The van der Waals surface area contributed by atoms with Crippen LogP contribution >= 0.6 is 0 Å².